The van der Waals surface area contributed by atoms with Gasteiger partial charge >= 0.3 is 0 Å². The van der Waals surface area contributed by atoms with E-state index in [0.717, 1.165) is 34.7 Å². The van der Waals surface area contributed by atoms with Crippen molar-refractivity contribution in [2.24, 2.45) is 0 Å². The normalized spacial score (nSPS) is 12.1. The molecule has 0 amide bonds. The summed E-state index contributed by atoms with van der Waals surface area (Å²) in [4.78, 5) is 0. The Balaban J connectivity index is 1.76. The van der Waals surface area contributed by atoms with Gasteiger partial charge in [-0.1, -0.05) is 49.2 Å². The van der Waals surface area contributed by atoms with Gasteiger partial charge in [0.25, 0.3) is 0 Å². The maximum Gasteiger partial charge on any atom is 0.141 e. The van der Waals surface area contributed by atoms with E-state index in [9.17, 15) is 0 Å². The molecular formula is C23H27Cl2N3O3. The van der Waals surface area contributed by atoms with Gasteiger partial charge in [0.1, 0.15) is 17.2 Å². The highest BCUT2D eigenvalue weighted by atomic mass is 35.5. The number of halogens is 2. The maximum absolute atomic E-state index is 6.53. The van der Waals surface area contributed by atoms with Gasteiger partial charge in [-0.2, -0.15) is 0 Å². The SMILES string of the molecule is COc1cc(OCCC(C)c2cc(Cl)c(-n3ccnn3)cc2OC)c(C(C)C)cc1Cl. The first-order valence-corrected chi connectivity index (χ1v) is 10.9. The zero-order valence-corrected chi connectivity index (χ0v) is 19.9. The molecule has 0 aliphatic rings. The maximum atomic E-state index is 6.53. The average molecular weight is 464 g/mol. The van der Waals surface area contributed by atoms with E-state index in [1.165, 1.54) is 0 Å². The Morgan fingerprint density at radius 3 is 2.23 bits per heavy atom. The van der Waals surface area contributed by atoms with Crippen LogP contribution in [0.5, 0.6) is 17.2 Å². The highest BCUT2D eigenvalue weighted by Crippen LogP contribution is 2.38. The second-order valence-electron chi connectivity index (χ2n) is 7.61. The summed E-state index contributed by atoms with van der Waals surface area (Å²) in [6.45, 7) is 6.87. The van der Waals surface area contributed by atoms with E-state index in [1.807, 2.05) is 24.3 Å². The zero-order chi connectivity index (χ0) is 22.5. The largest absolute Gasteiger partial charge is 0.496 e. The lowest BCUT2D eigenvalue weighted by Crippen LogP contribution is -2.08. The van der Waals surface area contributed by atoms with E-state index in [1.54, 1.807) is 31.3 Å². The summed E-state index contributed by atoms with van der Waals surface area (Å²) in [5.74, 6) is 2.58. The molecule has 0 fully saturated rings. The molecule has 0 radical (unpaired) electrons. The van der Waals surface area contributed by atoms with Gasteiger partial charge in [0.15, 0.2) is 0 Å². The van der Waals surface area contributed by atoms with Crippen LogP contribution in [0.15, 0.2) is 36.7 Å². The number of methoxy groups -OCH3 is 2. The molecule has 0 N–H and O–H groups in total. The van der Waals surface area contributed by atoms with E-state index in [2.05, 4.69) is 31.1 Å². The molecule has 1 atom stereocenters. The average Bonchev–Trinajstić information content (AvgIpc) is 3.28. The fourth-order valence-corrected chi connectivity index (χ4v) is 3.92. The van der Waals surface area contributed by atoms with Crippen molar-refractivity contribution in [2.75, 3.05) is 20.8 Å². The van der Waals surface area contributed by atoms with Gasteiger partial charge in [-0.15, -0.1) is 5.10 Å². The van der Waals surface area contributed by atoms with Crippen molar-refractivity contribution in [3.8, 4) is 22.9 Å². The summed E-state index contributed by atoms with van der Waals surface area (Å²) in [7, 11) is 3.25. The molecule has 1 aromatic heterocycles. The smallest absolute Gasteiger partial charge is 0.141 e. The minimum Gasteiger partial charge on any atom is -0.496 e. The van der Waals surface area contributed by atoms with Crippen LogP contribution in [0.3, 0.4) is 0 Å². The number of benzene rings is 2. The minimum atomic E-state index is 0.161. The Hall–Kier alpha value is -2.44. The van der Waals surface area contributed by atoms with Crippen LogP contribution in [0.4, 0.5) is 0 Å². The van der Waals surface area contributed by atoms with Crippen LogP contribution < -0.4 is 14.2 Å². The molecule has 0 aliphatic heterocycles. The van der Waals surface area contributed by atoms with Gasteiger partial charge in [0, 0.05) is 12.1 Å². The Bertz CT molecular complexity index is 1020. The molecule has 0 bridgehead atoms. The topological polar surface area (TPSA) is 58.4 Å². The molecule has 166 valence electrons. The molecule has 6 nitrogen and oxygen atoms in total. The number of rotatable bonds is 9. The van der Waals surface area contributed by atoms with E-state index in [4.69, 9.17) is 37.4 Å². The first-order chi connectivity index (χ1) is 14.8. The van der Waals surface area contributed by atoms with Crippen LogP contribution in [0, 0.1) is 0 Å². The molecule has 0 spiro atoms. The zero-order valence-electron chi connectivity index (χ0n) is 18.4. The van der Waals surface area contributed by atoms with Crippen LogP contribution in [-0.2, 0) is 0 Å². The quantitative estimate of drug-likeness (QED) is 0.373. The molecule has 2 aromatic carbocycles. The monoisotopic (exact) mass is 463 g/mol. The highest BCUT2D eigenvalue weighted by molar-refractivity contribution is 6.32. The lowest BCUT2D eigenvalue weighted by atomic mass is 9.96. The van der Waals surface area contributed by atoms with Crippen molar-refractivity contribution < 1.29 is 14.2 Å². The third kappa shape index (κ3) is 5.25. The molecule has 1 heterocycles. The Kier molecular flexibility index (Phi) is 7.68. The molecule has 3 rings (SSSR count). The van der Waals surface area contributed by atoms with Gasteiger partial charge in [0.05, 0.1) is 49.0 Å². The first-order valence-electron chi connectivity index (χ1n) is 10.1. The van der Waals surface area contributed by atoms with Crippen molar-refractivity contribution >= 4 is 23.2 Å². The lowest BCUT2D eigenvalue weighted by Gasteiger charge is -2.20. The second-order valence-corrected chi connectivity index (χ2v) is 8.43. The number of hydrogen-bond acceptors (Lipinski definition) is 5. The fraction of sp³-hybridized carbons (Fsp3) is 0.391. The van der Waals surface area contributed by atoms with E-state index >= 15 is 0 Å². The predicted octanol–water partition coefficient (Wildman–Crippen LogP) is 6.29. The van der Waals surface area contributed by atoms with Crippen LogP contribution in [0.1, 0.15) is 50.2 Å². The van der Waals surface area contributed by atoms with Crippen molar-refractivity contribution in [1.82, 2.24) is 15.0 Å². The van der Waals surface area contributed by atoms with Gasteiger partial charge in [-0.25, -0.2) is 4.68 Å². The van der Waals surface area contributed by atoms with Gasteiger partial charge in [-0.05, 0) is 41.5 Å². The second kappa shape index (κ2) is 10.2. The molecule has 3 aromatic rings. The molecule has 0 saturated carbocycles. The summed E-state index contributed by atoms with van der Waals surface area (Å²) >= 11 is 12.8. The molecule has 1 unspecified atom stereocenters. The summed E-state index contributed by atoms with van der Waals surface area (Å²) in [6, 6.07) is 7.57. The van der Waals surface area contributed by atoms with Crippen molar-refractivity contribution in [1.29, 1.82) is 0 Å². The Morgan fingerprint density at radius 1 is 0.903 bits per heavy atom. The Labute approximate surface area is 193 Å². The van der Waals surface area contributed by atoms with Gasteiger partial charge < -0.3 is 14.2 Å². The van der Waals surface area contributed by atoms with Crippen LogP contribution in [-0.4, -0.2) is 35.8 Å². The van der Waals surface area contributed by atoms with Crippen molar-refractivity contribution in [2.45, 2.75) is 39.0 Å². The van der Waals surface area contributed by atoms with Gasteiger partial charge in [-0.3, -0.25) is 0 Å². The fourth-order valence-electron chi connectivity index (χ4n) is 3.42. The number of aromatic nitrogens is 3. The summed E-state index contributed by atoms with van der Waals surface area (Å²) in [6.07, 6.45) is 4.12. The molecular weight excluding hydrogens is 437 g/mol. The summed E-state index contributed by atoms with van der Waals surface area (Å²) in [5, 5.41) is 9.01. The molecule has 0 saturated heterocycles. The third-order valence-corrected chi connectivity index (χ3v) is 5.81. The van der Waals surface area contributed by atoms with E-state index in [-0.39, 0.29) is 11.8 Å². The third-order valence-electron chi connectivity index (χ3n) is 5.21. The van der Waals surface area contributed by atoms with Crippen LogP contribution in [0.25, 0.3) is 5.69 Å². The molecule has 8 heteroatoms. The lowest BCUT2D eigenvalue weighted by molar-refractivity contribution is 0.293. The van der Waals surface area contributed by atoms with Crippen molar-refractivity contribution in [3.63, 3.8) is 0 Å². The summed E-state index contributed by atoms with van der Waals surface area (Å²) in [5.41, 5.74) is 2.78. The molecule has 31 heavy (non-hydrogen) atoms. The summed E-state index contributed by atoms with van der Waals surface area (Å²) < 4.78 is 18.7. The van der Waals surface area contributed by atoms with Crippen LogP contribution in [0.2, 0.25) is 10.0 Å². The highest BCUT2D eigenvalue weighted by Gasteiger charge is 2.18. The first kappa shape index (κ1) is 23.2. The predicted molar refractivity (Wildman–Crippen MR) is 124 cm³/mol. The van der Waals surface area contributed by atoms with E-state index < -0.39 is 0 Å². The van der Waals surface area contributed by atoms with Gasteiger partial charge in [0.2, 0.25) is 0 Å². The number of nitrogens with zero attached hydrogens (tertiary/aromatic N) is 3. The standard InChI is InChI=1S/C23H27Cl2N3O3/c1-14(2)16-10-19(25)23(30-5)13-22(16)31-9-6-15(3)17-11-18(24)20(12-21(17)29-4)28-8-7-26-27-28/h7-8,10-15H,6,9H2,1-5H3. The van der Waals surface area contributed by atoms with E-state index in [0.29, 0.717) is 22.4 Å². The van der Waals surface area contributed by atoms with Crippen molar-refractivity contribution in [3.05, 3.63) is 57.8 Å². The number of hydrogen-bond donors (Lipinski definition) is 0. The number of ether oxygens (including phenoxy) is 3. The minimum absolute atomic E-state index is 0.161. The van der Waals surface area contributed by atoms with Crippen LogP contribution >= 0.6 is 23.2 Å². The molecule has 0 aliphatic carbocycles. The Morgan fingerprint density at radius 2 is 1.61 bits per heavy atom.